The number of nitrogens with zero attached hydrogens (tertiary/aromatic N) is 4. The number of aryl methyl sites for hydroxylation is 2. The molecule has 0 atom stereocenters. The largest absolute Gasteiger partial charge is 2.00 e. The van der Waals surface area contributed by atoms with E-state index in [0.29, 0.717) is 11.3 Å². The molecule has 10 aromatic rings. The van der Waals surface area contributed by atoms with Gasteiger partial charge in [-0.2, -0.15) is 0 Å². The fourth-order valence-corrected chi connectivity index (χ4v) is 10.1. The van der Waals surface area contributed by atoms with E-state index in [1.54, 1.807) is 0 Å². The summed E-state index contributed by atoms with van der Waals surface area (Å²) in [6.07, 6.45) is 4.93. The molecule has 1 aliphatic rings. The topological polar surface area (TPSA) is 46.6 Å². The second-order valence-electron chi connectivity index (χ2n) is 19.2. The molecule has 1 saturated carbocycles. The van der Waals surface area contributed by atoms with E-state index < -0.39 is 0 Å². The van der Waals surface area contributed by atoms with Gasteiger partial charge in [-0.1, -0.05) is 95.3 Å². The molecule has 5 heterocycles. The summed E-state index contributed by atoms with van der Waals surface area (Å²) in [6, 6.07) is 50.2. The molecular formula is C56H50N4OPt. The van der Waals surface area contributed by atoms with Crippen LogP contribution in [0.4, 0.5) is 17.3 Å². The maximum Gasteiger partial charge on any atom is 2.00 e. The summed E-state index contributed by atoms with van der Waals surface area (Å²) in [6.45, 7) is 15.9. The van der Waals surface area contributed by atoms with Crippen LogP contribution in [-0.4, -0.2) is 14.4 Å². The van der Waals surface area contributed by atoms with Crippen LogP contribution in [0.2, 0.25) is 0 Å². The van der Waals surface area contributed by atoms with E-state index in [1.165, 1.54) is 64.0 Å². The first-order valence-electron chi connectivity index (χ1n) is 21.8. The van der Waals surface area contributed by atoms with Crippen LogP contribution in [0, 0.1) is 31.4 Å². The van der Waals surface area contributed by atoms with E-state index in [0.717, 1.165) is 73.0 Å². The smallest absolute Gasteiger partial charge is 0.474 e. The Morgan fingerprint density at radius 3 is 2.19 bits per heavy atom. The number of rotatable bonds is 6. The molecule has 1 fully saturated rings. The molecule has 0 amide bonds. The molecule has 1 aliphatic carbocycles. The number of fused-ring (bicyclic) bond motifs is 8. The number of anilines is 3. The van der Waals surface area contributed by atoms with Crippen LogP contribution < -0.4 is 4.90 Å². The van der Waals surface area contributed by atoms with Crippen molar-refractivity contribution in [3.8, 4) is 22.5 Å². The second kappa shape index (κ2) is 15.0. The SMILES string of the molecule is Cc1cccc(C)c1N(c1cc(C(C)(C)C)cc(-c2[c-]cccc2)n1)c1cccc(-c2[c-]ccc3oc4c5cc(C6CCC(C)(C)CC6)cc6c7ccccc7n(c65)c4c23)n1.[Pt+2]. The first-order chi connectivity index (χ1) is 29.4. The predicted octanol–water partition coefficient (Wildman–Crippen LogP) is 15.4. The van der Waals surface area contributed by atoms with Crippen molar-refractivity contribution in [2.24, 2.45) is 5.41 Å². The van der Waals surface area contributed by atoms with Gasteiger partial charge in [0, 0.05) is 16.2 Å². The van der Waals surface area contributed by atoms with Gasteiger partial charge < -0.3 is 8.82 Å². The van der Waals surface area contributed by atoms with Crippen molar-refractivity contribution in [3.05, 3.63) is 156 Å². The molecule has 6 heteroatoms. The fraction of sp³-hybridized carbons (Fsp3) is 0.250. The number of aromatic nitrogens is 3. The van der Waals surface area contributed by atoms with Crippen LogP contribution >= 0.6 is 0 Å². The molecule has 62 heavy (non-hydrogen) atoms. The molecule has 5 nitrogen and oxygen atoms in total. The van der Waals surface area contributed by atoms with Crippen molar-refractivity contribution in [1.82, 2.24) is 14.4 Å². The first-order valence-corrected chi connectivity index (χ1v) is 21.8. The van der Waals surface area contributed by atoms with Gasteiger partial charge in [0.2, 0.25) is 0 Å². The van der Waals surface area contributed by atoms with Crippen LogP contribution in [0.3, 0.4) is 0 Å². The van der Waals surface area contributed by atoms with Gasteiger partial charge in [-0.25, -0.2) is 0 Å². The van der Waals surface area contributed by atoms with E-state index in [4.69, 9.17) is 14.4 Å². The van der Waals surface area contributed by atoms with Crippen LogP contribution in [0.5, 0.6) is 0 Å². The van der Waals surface area contributed by atoms with Crippen LogP contribution in [-0.2, 0) is 26.5 Å². The third kappa shape index (κ3) is 6.54. The van der Waals surface area contributed by atoms with Gasteiger partial charge in [-0.05, 0) is 126 Å². The standard InChI is InChI=1S/C56H50N4O.Pt/c1-34-16-13-17-35(2)51(34)60(49-33-39(55(3,4)5)32-45(58-49)37-18-9-8-10-19-37)48-25-15-22-44(57-48)41-21-14-24-47-50(41)53-54(61-47)43-31-38(36-26-28-56(6,7)29-27-36)30-42-40-20-11-12-23-46(40)59(53)52(42)43;/h8-18,20,22-25,30-33,36H,26-29H2,1-7H3;/q-2;+2. The second-order valence-corrected chi connectivity index (χ2v) is 19.2. The Morgan fingerprint density at radius 1 is 0.710 bits per heavy atom. The molecule has 0 unspecified atom stereocenters. The van der Waals surface area contributed by atoms with Crippen molar-refractivity contribution >= 4 is 66.6 Å². The van der Waals surface area contributed by atoms with E-state index in [-0.39, 0.29) is 26.5 Å². The molecule has 310 valence electrons. The number of furan rings is 1. The van der Waals surface area contributed by atoms with Crippen LogP contribution in [0.1, 0.15) is 88.5 Å². The minimum absolute atomic E-state index is 0. The molecule has 0 radical (unpaired) electrons. The Balaban J connectivity index is 0.00000458. The zero-order valence-corrected chi connectivity index (χ0v) is 38.7. The summed E-state index contributed by atoms with van der Waals surface area (Å²) in [5.41, 5.74) is 15.1. The molecule has 0 bridgehead atoms. The van der Waals surface area contributed by atoms with Gasteiger partial charge in [-0.15, -0.1) is 53.6 Å². The maximum atomic E-state index is 6.98. The minimum atomic E-state index is -0.130. The third-order valence-electron chi connectivity index (χ3n) is 13.5. The Labute approximate surface area is 378 Å². The molecule has 0 N–H and O–H groups in total. The molecule has 11 rings (SSSR count). The third-order valence-corrected chi connectivity index (χ3v) is 13.5. The Kier molecular flexibility index (Phi) is 9.72. The van der Waals surface area contributed by atoms with Crippen molar-refractivity contribution in [1.29, 1.82) is 0 Å². The van der Waals surface area contributed by atoms with Crippen molar-refractivity contribution < 1.29 is 25.5 Å². The predicted molar refractivity (Wildman–Crippen MR) is 253 cm³/mol. The van der Waals surface area contributed by atoms with Gasteiger partial charge in [0.05, 0.1) is 27.8 Å². The number of para-hydroxylation sites is 2. The average Bonchev–Trinajstić information content (AvgIpc) is 3.91. The van der Waals surface area contributed by atoms with E-state index in [9.17, 15) is 0 Å². The molecule has 0 saturated heterocycles. The summed E-state index contributed by atoms with van der Waals surface area (Å²) >= 11 is 0. The Bertz CT molecular complexity index is 3280. The van der Waals surface area contributed by atoms with E-state index in [1.807, 2.05) is 24.3 Å². The number of pyridine rings is 2. The van der Waals surface area contributed by atoms with Gasteiger partial charge in [0.1, 0.15) is 17.2 Å². The fourth-order valence-electron chi connectivity index (χ4n) is 10.1. The van der Waals surface area contributed by atoms with E-state index >= 15 is 0 Å². The van der Waals surface area contributed by atoms with Gasteiger partial charge in [0.15, 0.2) is 0 Å². The summed E-state index contributed by atoms with van der Waals surface area (Å²) in [5.74, 6) is 2.13. The Hall–Kier alpha value is -5.77. The number of hydrogen-bond donors (Lipinski definition) is 0. The molecular weight excluding hydrogens is 940 g/mol. The molecule has 0 spiro atoms. The average molecular weight is 990 g/mol. The monoisotopic (exact) mass is 989 g/mol. The van der Waals surface area contributed by atoms with Crippen molar-refractivity contribution in [2.75, 3.05) is 4.90 Å². The molecule has 5 aromatic carbocycles. The number of hydrogen-bond acceptors (Lipinski definition) is 4. The van der Waals surface area contributed by atoms with E-state index in [2.05, 4.69) is 167 Å². The maximum absolute atomic E-state index is 6.98. The van der Waals surface area contributed by atoms with Gasteiger partial charge >= 0.3 is 21.1 Å². The van der Waals surface area contributed by atoms with Crippen LogP contribution in [0.15, 0.2) is 126 Å². The summed E-state index contributed by atoms with van der Waals surface area (Å²) in [4.78, 5) is 13.2. The van der Waals surface area contributed by atoms with Crippen molar-refractivity contribution in [2.45, 2.75) is 85.5 Å². The summed E-state index contributed by atoms with van der Waals surface area (Å²) < 4.78 is 9.43. The summed E-state index contributed by atoms with van der Waals surface area (Å²) in [5, 5.41) is 4.79. The zero-order valence-electron chi connectivity index (χ0n) is 36.5. The van der Waals surface area contributed by atoms with Crippen LogP contribution in [0.25, 0.3) is 71.8 Å². The molecule has 0 aliphatic heterocycles. The number of benzene rings is 5. The zero-order chi connectivity index (χ0) is 41.8. The quantitative estimate of drug-likeness (QED) is 0.156. The van der Waals surface area contributed by atoms with Crippen molar-refractivity contribution in [3.63, 3.8) is 0 Å². The van der Waals surface area contributed by atoms with Gasteiger partial charge in [0.25, 0.3) is 0 Å². The minimum Gasteiger partial charge on any atom is -0.474 e. The summed E-state index contributed by atoms with van der Waals surface area (Å²) in [7, 11) is 0. The van der Waals surface area contributed by atoms with Gasteiger partial charge in [-0.3, -0.25) is 14.9 Å². The Morgan fingerprint density at radius 2 is 1.44 bits per heavy atom. The first kappa shape index (κ1) is 40.3. The molecule has 5 aromatic heterocycles. The normalized spacial score (nSPS) is 14.7.